The Hall–Kier alpha value is -1.81. The lowest BCUT2D eigenvalue weighted by Gasteiger charge is -2.54. The molecule has 2 atom stereocenters. The van der Waals surface area contributed by atoms with Crippen LogP contribution in [0, 0.1) is 11.8 Å². The molecule has 1 aromatic rings. The second kappa shape index (κ2) is 8.05. The Bertz CT molecular complexity index is 656. The standard InChI is InChI=1S/C23H32N2O2/c1-17(2)25-16-21(27-20-10-4-3-5-11-20)22(25)18-12-14-24(15-13-18)23(26)19-8-6-7-9-19/h3-7,10-11,17-19,21-22H,8-9,12-16H2,1-2H3. The number of carbonyl (C=O) groups excluding carboxylic acids is 1. The first-order valence-corrected chi connectivity index (χ1v) is 10.5. The maximum atomic E-state index is 12.7. The number of piperidine rings is 1. The second-order valence-corrected chi connectivity index (χ2v) is 8.55. The van der Waals surface area contributed by atoms with E-state index in [1.54, 1.807) is 0 Å². The fraction of sp³-hybridized carbons (Fsp3) is 0.609. The van der Waals surface area contributed by atoms with Crippen LogP contribution < -0.4 is 4.74 Å². The summed E-state index contributed by atoms with van der Waals surface area (Å²) < 4.78 is 6.32. The summed E-state index contributed by atoms with van der Waals surface area (Å²) in [6.45, 7) is 7.36. The van der Waals surface area contributed by atoms with Gasteiger partial charge in [0.05, 0.1) is 6.04 Å². The molecular formula is C23H32N2O2. The zero-order valence-corrected chi connectivity index (χ0v) is 16.6. The number of hydrogen-bond acceptors (Lipinski definition) is 3. The highest BCUT2D eigenvalue weighted by molar-refractivity contribution is 5.79. The van der Waals surface area contributed by atoms with Crippen LogP contribution in [-0.4, -0.2) is 53.5 Å². The van der Waals surface area contributed by atoms with Crippen LogP contribution in [0.5, 0.6) is 5.75 Å². The highest BCUT2D eigenvalue weighted by atomic mass is 16.5. The van der Waals surface area contributed by atoms with Gasteiger partial charge in [0.2, 0.25) is 5.91 Å². The Kier molecular flexibility index (Phi) is 5.53. The summed E-state index contributed by atoms with van der Waals surface area (Å²) in [5, 5.41) is 0. The molecule has 2 saturated heterocycles. The highest BCUT2D eigenvalue weighted by Gasteiger charge is 2.47. The Morgan fingerprint density at radius 1 is 1.07 bits per heavy atom. The average molecular weight is 369 g/mol. The van der Waals surface area contributed by atoms with Gasteiger partial charge in [0.15, 0.2) is 0 Å². The van der Waals surface area contributed by atoms with E-state index in [0.717, 1.165) is 51.1 Å². The van der Waals surface area contributed by atoms with Crippen LogP contribution in [0.3, 0.4) is 0 Å². The molecule has 3 aliphatic rings. The molecule has 0 radical (unpaired) electrons. The SMILES string of the molecule is CC(C)N1CC(Oc2ccccc2)C1C1CCN(C(=O)C2CC=CC2)CC1. The van der Waals surface area contributed by atoms with E-state index in [-0.39, 0.29) is 12.0 Å². The molecule has 146 valence electrons. The van der Waals surface area contributed by atoms with E-state index in [0.29, 0.717) is 23.9 Å². The van der Waals surface area contributed by atoms with Crippen LogP contribution in [0.25, 0.3) is 0 Å². The van der Waals surface area contributed by atoms with Crippen LogP contribution in [-0.2, 0) is 4.79 Å². The molecule has 4 nitrogen and oxygen atoms in total. The van der Waals surface area contributed by atoms with Crippen molar-refractivity contribution >= 4 is 5.91 Å². The largest absolute Gasteiger partial charge is 0.487 e. The van der Waals surface area contributed by atoms with Gasteiger partial charge in [-0.2, -0.15) is 0 Å². The molecule has 2 unspecified atom stereocenters. The lowest BCUT2D eigenvalue weighted by atomic mass is 9.79. The minimum atomic E-state index is 0.201. The minimum Gasteiger partial charge on any atom is -0.487 e. The van der Waals surface area contributed by atoms with Gasteiger partial charge in [-0.1, -0.05) is 30.4 Å². The molecular weight excluding hydrogens is 336 g/mol. The molecule has 1 aliphatic carbocycles. The number of hydrogen-bond donors (Lipinski definition) is 0. The molecule has 0 saturated carbocycles. The van der Waals surface area contributed by atoms with E-state index in [2.05, 4.69) is 35.8 Å². The maximum Gasteiger partial charge on any atom is 0.226 e. The van der Waals surface area contributed by atoms with Crippen molar-refractivity contribution in [1.29, 1.82) is 0 Å². The fourth-order valence-electron chi connectivity index (χ4n) is 4.96. The predicted molar refractivity (Wildman–Crippen MR) is 108 cm³/mol. The molecule has 1 aromatic carbocycles. The normalized spacial score (nSPS) is 27.1. The van der Waals surface area contributed by atoms with Crippen molar-refractivity contribution in [3.63, 3.8) is 0 Å². The smallest absolute Gasteiger partial charge is 0.226 e. The first-order chi connectivity index (χ1) is 13.1. The minimum absolute atomic E-state index is 0.201. The summed E-state index contributed by atoms with van der Waals surface area (Å²) in [6, 6.07) is 11.2. The first kappa shape index (κ1) is 18.5. The van der Waals surface area contributed by atoms with Crippen molar-refractivity contribution in [1.82, 2.24) is 9.80 Å². The van der Waals surface area contributed by atoms with Crippen molar-refractivity contribution in [3.05, 3.63) is 42.5 Å². The van der Waals surface area contributed by atoms with Crippen LogP contribution in [0.2, 0.25) is 0 Å². The fourth-order valence-corrected chi connectivity index (χ4v) is 4.96. The molecule has 0 aromatic heterocycles. The van der Waals surface area contributed by atoms with Gasteiger partial charge in [0.1, 0.15) is 11.9 Å². The molecule has 2 fully saturated rings. The molecule has 4 heteroatoms. The Morgan fingerprint density at radius 2 is 1.74 bits per heavy atom. The van der Waals surface area contributed by atoms with Crippen molar-refractivity contribution in [2.24, 2.45) is 11.8 Å². The number of nitrogens with zero attached hydrogens (tertiary/aromatic N) is 2. The summed E-state index contributed by atoms with van der Waals surface area (Å²) in [5.41, 5.74) is 0. The molecule has 0 bridgehead atoms. The van der Waals surface area contributed by atoms with Crippen LogP contribution in [0.4, 0.5) is 0 Å². The molecule has 27 heavy (non-hydrogen) atoms. The van der Waals surface area contributed by atoms with Gasteiger partial charge in [-0.15, -0.1) is 0 Å². The van der Waals surface area contributed by atoms with Crippen molar-refractivity contribution in [2.75, 3.05) is 19.6 Å². The molecule has 0 spiro atoms. The number of ether oxygens (including phenoxy) is 1. The van der Waals surface area contributed by atoms with Gasteiger partial charge in [-0.05, 0) is 57.6 Å². The van der Waals surface area contributed by atoms with Gasteiger partial charge in [-0.25, -0.2) is 0 Å². The molecule has 0 N–H and O–H groups in total. The van der Waals surface area contributed by atoms with E-state index in [1.165, 1.54) is 0 Å². The van der Waals surface area contributed by atoms with Gasteiger partial charge >= 0.3 is 0 Å². The molecule has 1 amide bonds. The summed E-state index contributed by atoms with van der Waals surface area (Å²) in [6.07, 6.45) is 8.60. The number of benzene rings is 1. The number of amides is 1. The summed E-state index contributed by atoms with van der Waals surface area (Å²) in [4.78, 5) is 17.4. The topological polar surface area (TPSA) is 32.8 Å². The number of para-hydroxylation sites is 1. The van der Waals surface area contributed by atoms with E-state index in [4.69, 9.17) is 4.74 Å². The average Bonchev–Trinajstić information content (AvgIpc) is 3.20. The number of allylic oxidation sites excluding steroid dienone is 2. The lowest BCUT2D eigenvalue weighted by molar-refractivity contribution is -0.139. The van der Waals surface area contributed by atoms with Gasteiger partial charge < -0.3 is 9.64 Å². The van der Waals surface area contributed by atoms with Crippen molar-refractivity contribution in [3.8, 4) is 5.75 Å². The molecule has 4 rings (SSSR count). The Balaban J connectivity index is 1.36. The summed E-state index contributed by atoms with van der Waals surface area (Å²) in [7, 11) is 0. The van der Waals surface area contributed by atoms with Crippen LogP contribution in [0.15, 0.2) is 42.5 Å². The number of rotatable bonds is 5. The Labute approximate surface area is 163 Å². The summed E-state index contributed by atoms with van der Waals surface area (Å²) in [5.74, 6) is 2.15. The van der Waals surface area contributed by atoms with Crippen LogP contribution >= 0.6 is 0 Å². The van der Waals surface area contributed by atoms with Crippen LogP contribution in [0.1, 0.15) is 39.5 Å². The quantitative estimate of drug-likeness (QED) is 0.743. The zero-order valence-electron chi connectivity index (χ0n) is 16.6. The third kappa shape index (κ3) is 3.91. The lowest BCUT2D eigenvalue weighted by Crippen LogP contribution is -2.68. The predicted octanol–water partition coefficient (Wildman–Crippen LogP) is 3.73. The third-order valence-corrected chi connectivity index (χ3v) is 6.54. The first-order valence-electron chi connectivity index (χ1n) is 10.5. The van der Waals surface area contributed by atoms with E-state index >= 15 is 0 Å². The van der Waals surface area contributed by atoms with E-state index < -0.39 is 0 Å². The van der Waals surface area contributed by atoms with Gasteiger partial charge in [-0.3, -0.25) is 9.69 Å². The van der Waals surface area contributed by atoms with Crippen molar-refractivity contribution in [2.45, 2.75) is 57.7 Å². The number of carbonyl (C=O) groups is 1. The Morgan fingerprint density at radius 3 is 2.37 bits per heavy atom. The van der Waals surface area contributed by atoms with Gasteiger partial charge in [0.25, 0.3) is 0 Å². The monoisotopic (exact) mass is 368 g/mol. The molecule has 2 heterocycles. The highest BCUT2D eigenvalue weighted by Crippen LogP contribution is 2.36. The summed E-state index contributed by atoms with van der Waals surface area (Å²) >= 11 is 0. The van der Waals surface area contributed by atoms with Gasteiger partial charge in [0, 0.05) is 31.6 Å². The molecule has 2 aliphatic heterocycles. The number of likely N-dealkylation sites (tertiary alicyclic amines) is 2. The maximum absolute atomic E-state index is 12.7. The van der Waals surface area contributed by atoms with E-state index in [9.17, 15) is 4.79 Å². The van der Waals surface area contributed by atoms with E-state index in [1.807, 2.05) is 30.3 Å². The zero-order chi connectivity index (χ0) is 18.8. The third-order valence-electron chi connectivity index (χ3n) is 6.54. The van der Waals surface area contributed by atoms with Crippen molar-refractivity contribution < 1.29 is 9.53 Å². The second-order valence-electron chi connectivity index (χ2n) is 8.55.